The smallest absolute Gasteiger partial charge is 0.253 e. The lowest BCUT2D eigenvalue weighted by atomic mass is 9.96. The van der Waals surface area contributed by atoms with Gasteiger partial charge in [-0.1, -0.05) is 6.07 Å². The van der Waals surface area contributed by atoms with Crippen molar-refractivity contribution >= 4 is 10.9 Å². The summed E-state index contributed by atoms with van der Waals surface area (Å²) in [6.07, 6.45) is 7.69. The number of fused-ring (bicyclic) bond motifs is 1. The molecule has 0 spiro atoms. The van der Waals surface area contributed by atoms with Crippen LogP contribution in [0.4, 0.5) is 0 Å². The van der Waals surface area contributed by atoms with Gasteiger partial charge in [0.25, 0.3) is 5.56 Å². The molecule has 0 amide bonds. The van der Waals surface area contributed by atoms with Crippen molar-refractivity contribution in [2.24, 2.45) is 13.0 Å². The summed E-state index contributed by atoms with van der Waals surface area (Å²) >= 11 is 0. The van der Waals surface area contributed by atoms with Crippen molar-refractivity contribution in [1.29, 1.82) is 0 Å². The van der Waals surface area contributed by atoms with Gasteiger partial charge in [0.05, 0.1) is 41.7 Å². The predicted octanol–water partition coefficient (Wildman–Crippen LogP) is 3.38. The zero-order chi connectivity index (χ0) is 26.6. The third-order valence-electron chi connectivity index (χ3n) is 7.37. The minimum Gasteiger partial charge on any atom is -0.389 e. The lowest BCUT2D eigenvalue weighted by molar-refractivity contribution is -0.0133. The first-order valence-corrected chi connectivity index (χ1v) is 13.3. The first-order valence-electron chi connectivity index (χ1n) is 13.3. The normalized spacial score (nSPS) is 20.2. The summed E-state index contributed by atoms with van der Waals surface area (Å²) in [5.41, 5.74) is 4.28. The molecule has 6 rings (SSSR count). The molecule has 1 saturated carbocycles. The van der Waals surface area contributed by atoms with E-state index < -0.39 is 5.60 Å². The van der Waals surface area contributed by atoms with Crippen molar-refractivity contribution in [1.82, 2.24) is 29.6 Å². The molecule has 38 heavy (non-hydrogen) atoms. The molecule has 1 saturated heterocycles. The van der Waals surface area contributed by atoms with E-state index in [0.717, 1.165) is 39.8 Å². The lowest BCUT2D eigenvalue weighted by Gasteiger charge is -2.33. The zero-order valence-corrected chi connectivity index (χ0v) is 22.3. The first-order chi connectivity index (χ1) is 18.2. The Bertz CT molecular complexity index is 1540. The van der Waals surface area contributed by atoms with Crippen LogP contribution >= 0.6 is 0 Å². The van der Waals surface area contributed by atoms with Gasteiger partial charge in [-0.05, 0) is 68.9 Å². The van der Waals surface area contributed by atoms with E-state index >= 15 is 0 Å². The van der Waals surface area contributed by atoms with Gasteiger partial charge in [0.15, 0.2) is 5.82 Å². The van der Waals surface area contributed by atoms with Crippen LogP contribution in [0.2, 0.25) is 0 Å². The maximum Gasteiger partial charge on any atom is 0.253 e. The Morgan fingerprint density at radius 3 is 2.68 bits per heavy atom. The maximum atomic E-state index is 12.3. The maximum absolute atomic E-state index is 12.3. The summed E-state index contributed by atoms with van der Waals surface area (Å²) in [5, 5.41) is 19.3. The second kappa shape index (κ2) is 9.41. The number of aliphatic hydroxyl groups is 1. The first kappa shape index (κ1) is 24.9. The van der Waals surface area contributed by atoms with Crippen LogP contribution in [0.25, 0.3) is 33.4 Å². The minimum absolute atomic E-state index is 0.00212. The highest BCUT2D eigenvalue weighted by Crippen LogP contribution is 2.42. The molecule has 2 fully saturated rings. The largest absolute Gasteiger partial charge is 0.389 e. The molecule has 0 radical (unpaired) electrons. The Balaban J connectivity index is 1.50. The number of hydrogen-bond acceptors (Lipinski definition) is 7. The second-order valence-electron chi connectivity index (χ2n) is 11.3. The highest BCUT2D eigenvalue weighted by atomic mass is 16.5. The van der Waals surface area contributed by atoms with Crippen molar-refractivity contribution in [2.75, 3.05) is 13.2 Å². The Kier molecular flexibility index (Phi) is 6.17. The quantitative estimate of drug-likeness (QED) is 0.406. The number of nitrogens with one attached hydrogen (secondary N) is 1. The SMILES string of the molecule is Cc1cc(-c2ccc3nc(-c4cnn(CC(C)(C)O)c4)nc(C4OCCNC4C4CC4)c3c2)cn(C)c1=O. The molecule has 9 nitrogen and oxygen atoms in total. The Hall–Kier alpha value is -3.40. The van der Waals surface area contributed by atoms with Crippen molar-refractivity contribution in [3.05, 3.63) is 64.5 Å². The van der Waals surface area contributed by atoms with Crippen LogP contribution in [-0.4, -0.2) is 54.2 Å². The number of nitrogens with zero attached hydrogens (tertiary/aromatic N) is 5. The highest BCUT2D eigenvalue weighted by Gasteiger charge is 2.41. The number of morpholine rings is 1. The fraction of sp³-hybridized carbons (Fsp3) is 0.448. The topological polar surface area (TPSA) is 107 Å². The molecular weight excluding hydrogens is 480 g/mol. The molecule has 3 aromatic heterocycles. The van der Waals surface area contributed by atoms with Crippen LogP contribution in [0.15, 0.2) is 47.7 Å². The van der Waals surface area contributed by atoms with Gasteiger partial charge in [0.1, 0.15) is 6.10 Å². The number of benzene rings is 1. The Morgan fingerprint density at radius 1 is 1.13 bits per heavy atom. The monoisotopic (exact) mass is 514 g/mol. The van der Waals surface area contributed by atoms with Crippen LogP contribution in [0.1, 0.15) is 44.1 Å². The van der Waals surface area contributed by atoms with Crippen molar-refractivity contribution in [3.63, 3.8) is 0 Å². The minimum atomic E-state index is -0.881. The molecule has 2 unspecified atom stereocenters. The van der Waals surface area contributed by atoms with E-state index in [0.29, 0.717) is 30.5 Å². The second-order valence-corrected chi connectivity index (χ2v) is 11.3. The summed E-state index contributed by atoms with van der Waals surface area (Å²) in [6.45, 7) is 7.18. The molecule has 1 aliphatic heterocycles. The van der Waals surface area contributed by atoms with Gasteiger partial charge in [-0.15, -0.1) is 0 Å². The van der Waals surface area contributed by atoms with Crippen LogP contribution < -0.4 is 10.9 Å². The Morgan fingerprint density at radius 2 is 1.95 bits per heavy atom. The standard InChI is InChI=1S/C29H34N6O3/c1-17-11-20(14-34(4)28(17)36)19-7-8-23-22(12-19)25(26-24(18-5-6-18)30-9-10-38-26)33-27(32-23)21-13-31-35(15-21)16-29(2,3)37/h7-8,11-15,18,24,26,30,37H,5-6,9-10,16H2,1-4H3. The van der Waals surface area contributed by atoms with Crippen LogP contribution in [0, 0.1) is 12.8 Å². The molecule has 2 aliphatic rings. The number of hydrogen-bond donors (Lipinski definition) is 2. The Labute approximate surface area is 221 Å². The molecule has 198 valence electrons. The van der Waals surface area contributed by atoms with Crippen molar-refractivity contribution in [3.8, 4) is 22.5 Å². The zero-order valence-electron chi connectivity index (χ0n) is 22.3. The average molecular weight is 515 g/mol. The van der Waals surface area contributed by atoms with E-state index in [1.165, 1.54) is 12.8 Å². The third-order valence-corrected chi connectivity index (χ3v) is 7.37. The van der Waals surface area contributed by atoms with Gasteiger partial charge in [-0.3, -0.25) is 9.48 Å². The van der Waals surface area contributed by atoms with Crippen LogP contribution in [0.5, 0.6) is 0 Å². The van der Waals surface area contributed by atoms with Gasteiger partial charge in [0, 0.05) is 43.0 Å². The van der Waals surface area contributed by atoms with E-state index in [-0.39, 0.29) is 17.7 Å². The molecule has 1 aliphatic carbocycles. The summed E-state index contributed by atoms with van der Waals surface area (Å²) in [5.74, 6) is 1.17. The summed E-state index contributed by atoms with van der Waals surface area (Å²) in [7, 11) is 1.78. The molecule has 2 atom stereocenters. The lowest BCUT2D eigenvalue weighted by Crippen LogP contribution is -2.45. The van der Waals surface area contributed by atoms with Gasteiger partial charge < -0.3 is 19.7 Å². The van der Waals surface area contributed by atoms with Crippen molar-refractivity contribution in [2.45, 2.75) is 57.9 Å². The van der Waals surface area contributed by atoms with Gasteiger partial charge in [-0.25, -0.2) is 9.97 Å². The molecule has 4 heterocycles. The summed E-state index contributed by atoms with van der Waals surface area (Å²) in [6, 6.07) is 8.31. The summed E-state index contributed by atoms with van der Waals surface area (Å²) < 4.78 is 9.74. The van der Waals surface area contributed by atoms with E-state index in [4.69, 9.17) is 14.7 Å². The number of aryl methyl sites for hydroxylation is 2. The third kappa shape index (κ3) is 4.89. The highest BCUT2D eigenvalue weighted by molar-refractivity contribution is 5.88. The molecular formula is C29H34N6O3. The number of pyridine rings is 1. The molecule has 0 bridgehead atoms. The summed E-state index contributed by atoms with van der Waals surface area (Å²) in [4.78, 5) is 22.3. The molecule has 9 heteroatoms. The van der Waals surface area contributed by atoms with Gasteiger partial charge in [0.2, 0.25) is 0 Å². The van der Waals surface area contributed by atoms with Crippen LogP contribution in [0.3, 0.4) is 0 Å². The predicted molar refractivity (Wildman–Crippen MR) is 146 cm³/mol. The number of aromatic nitrogens is 5. The van der Waals surface area contributed by atoms with E-state index in [1.54, 1.807) is 36.3 Å². The van der Waals surface area contributed by atoms with E-state index in [1.807, 2.05) is 37.5 Å². The molecule has 1 aromatic carbocycles. The fourth-order valence-corrected chi connectivity index (χ4v) is 5.42. The molecule has 4 aromatic rings. The van der Waals surface area contributed by atoms with Gasteiger partial charge >= 0.3 is 0 Å². The average Bonchev–Trinajstić information content (AvgIpc) is 3.64. The van der Waals surface area contributed by atoms with Crippen molar-refractivity contribution < 1.29 is 9.84 Å². The molecule has 2 N–H and O–H groups in total. The number of rotatable bonds is 6. The van der Waals surface area contributed by atoms with E-state index in [9.17, 15) is 9.90 Å². The van der Waals surface area contributed by atoms with Gasteiger partial charge in [-0.2, -0.15) is 5.10 Å². The van der Waals surface area contributed by atoms with E-state index in [2.05, 4.69) is 16.5 Å². The number of ether oxygens (including phenoxy) is 1. The fourth-order valence-electron chi connectivity index (χ4n) is 5.42. The van der Waals surface area contributed by atoms with Crippen LogP contribution in [-0.2, 0) is 18.3 Å².